The van der Waals surface area contributed by atoms with E-state index >= 15 is 0 Å². The van der Waals surface area contributed by atoms with Crippen LogP contribution < -0.4 is 0 Å². The van der Waals surface area contributed by atoms with E-state index in [1.165, 1.54) is 0 Å². The van der Waals surface area contributed by atoms with Crippen molar-refractivity contribution >= 4 is 32.6 Å². The van der Waals surface area contributed by atoms with Gasteiger partial charge in [-0.15, -0.1) is 0 Å². The van der Waals surface area contributed by atoms with E-state index in [4.69, 9.17) is 0 Å². The van der Waals surface area contributed by atoms with E-state index in [1.54, 1.807) is 12.4 Å². The molecule has 0 aliphatic carbocycles. The lowest BCUT2D eigenvalue weighted by molar-refractivity contribution is 1.05. The summed E-state index contributed by atoms with van der Waals surface area (Å²) >= 11 is 0. The molecule has 0 fully saturated rings. The summed E-state index contributed by atoms with van der Waals surface area (Å²) in [5, 5.41) is 12.2. The van der Waals surface area contributed by atoms with Crippen molar-refractivity contribution in [2.24, 2.45) is 0 Å². The summed E-state index contributed by atoms with van der Waals surface area (Å²) in [4.78, 5) is 9.15. The van der Waals surface area contributed by atoms with Gasteiger partial charge in [0.1, 0.15) is 0 Å². The lowest BCUT2D eigenvalue weighted by Gasteiger charge is -2.06. The largest absolute Gasteiger partial charge is 0.254 e. The molecule has 0 aliphatic heterocycles. The predicted octanol–water partition coefficient (Wildman–Crippen LogP) is 4.39. The molecule has 0 saturated heterocycles. The number of rotatable bonds is 1. The number of fused-ring (bicyclic) bond motifs is 4. The quantitative estimate of drug-likeness (QED) is 0.431. The highest BCUT2D eigenvalue weighted by Gasteiger charge is 2.06. The molecule has 24 heavy (non-hydrogen) atoms. The van der Waals surface area contributed by atoms with Gasteiger partial charge in [-0.05, 0) is 23.8 Å². The van der Waals surface area contributed by atoms with E-state index < -0.39 is 0 Å². The van der Waals surface area contributed by atoms with Crippen LogP contribution in [-0.2, 0) is 0 Å². The van der Waals surface area contributed by atoms with Crippen molar-refractivity contribution in [3.05, 3.63) is 73.3 Å². The Kier molecular flexibility index (Phi) is 2.76. The highest BCUT2D eigenvalue weighted by molar-refractivity contribution is 6.03. The Balaban J connectivity index is 1.72. The molecule has 5 rings (SSSR count). The average molecular weight is 308 g/mol. The highest BCUT2D eigenvalue weighted by atomic mass is 15.1. The standard InChI is InChI=1S/C20H12N4/c1-2-13-3-5-15-9-17(10-22-20(15)19(13)21-7-1)14-4-6-16-11-23-24-12-18(16)8-14/h1-12H. The number of benzene rings is 2. The van der Waals surface area contributed by atoms with E-state index in [2.05, 4.69) is 62.6 Å². The summed E-state index contributed by atoms with van der Waals surface area (Å²) < 4.78 is 0. The van der Waals surface area contributed by atoms with Gasteiger partial charge in [-0.2, -0.15) is 10.2 Å². The molecule has 4 nitrogen and oxygen atoms in total. The van der Waals surface area contributed by atoms with Crippen molar-refractivity contribution < 1.29 is 0 Å². The van der Waals surface area contributed by atoms with E-state index in [1.807, 2.05) is 18.5 Å². The second-order valence-corrected chi connectivity index (χ2v) is 5.77. The van der Waals surface area contributed by atoms with Gasteiger partial charge in [-0.1, -0.05) is 30.3 Å². The molecule has 5 aromatic rings. The minimum absolute atomic E-state index is 0.934. The summed E-state index contributed by atoms with van der Waals surface area (Å²) in [6.45, 7) is 0. The zero-order valence-corrected chi connectivity index (χ0v) is 12.7. The maximum absolute atomic E-state index is 4.68. The fourth-order valence-corrected chi connectivity index (χ4v) is 3.07. The van der Waals surface area contributed by atoms with Gasteiger partial charge in [-0.3, -0.25) is 9.97 Å². The molecule has 3 heterocycles. The minimum atomic E-state index is 0.934. The zero-order chi connectivity index (χ0) is 15.9. The third kappa shape index (κ3) is 2.01. The Hall–Kier alpha value is -3.40. The van der Waals surface area contributed by atoms with Crippen LogP contribution in [0.25, 0.3) is 43.7 Å². The molecule has 0 amide bonds. The second-order valence-electron chi connectivity index (χ2n) is 5.77. The molecule has 0 bridgehead atoms. The van der Waals surface area contributed by atoms with Gasteiger partial charge in [0, 0.05) is 39.5 Å². The predicted molar refractivity (Wildman–Crippen MR) is 95.6 cm³/mol. The SMILES string of the molecule is c1cnc2c(c1)ccc1cc(-c3ccc4cnncc4c3)cnc12. The van der Waals surface area contributed by atoms with Crippen LogP contribution in [0.5, 0.6) is 0 Å². The first-order chi connectivity index (χ1) is 11.9. The summed E-state index contributed by atoms with van der Waals surface area (Å²) in [5.41, 5.74) is 4.07. The number of hydrogen-bond donors (Lipinski definition) is 0. The Morgan fingerprint density at radius 2 is 1.29 bits per heavy atom. The van der Waals surface area contributed by atoms with E-state index in [9.17, 15) is 0 Å². The molecular formula is C20H12N4. The first-order valence-electron chi connectivity index (χ1n) is 7.73. The topological polar surface area (TPSA) is 51.6 Å². The summed E-state index contributed by atoms with van der Waals surface area (Å²) in [6.07, 6.45) is 7.27. The molecule has 0 spiro atoms. The summed E-state index contributed by atoms with van der Waals surface area (Å²) in [6, 6.07) is 16.6. The van der Waals surface area contributed by atoms with Crippen molar-refractivity contribution in [1.29, 1.82) is 0 Å². The maximum atomic E-state index is 4.68. The van der Waals surface area contributed by atoms with Gasteiger partial charge < -0.3 is 0 Å². The number of pyridine rings is 2. The number of hydrogen-bond acceptors (Lipinski definition) is 4. The maximum Gasteiger partial charge on any atom is 0.0964 e. The summed E-state index contributed by atoms with van der Waals surface area (Å²) in [5.74, 6) is 0. The Labute approximate surface area is 137 Å². The van der Waals surface area contributed by atoms with Crippen LogP contribution in [0, 0.1) is 0 Å². The average Bonchev–Trinajstić information content (AvgIpc) is 2.67. The number of aromatic nitrogens is 4. The van der Waals surface area contributed by atoms with Crippen LogP contribution in [0.4, 0.5) is 0 Å². The molecular weight excluding hydrogens is 296 g/mol. The Morgan fingerprint density at radius 1 is 0.542 bits per heavy atom. The number of nitrogens with zero attached hydrogens (tertiary/aromatic N) is 4. The second kappa shape index (κ2) is 5.06. The van der Waals surface area contributed by atoms with E-state index in [0.29, 0.717) is 0 Å². The Bertz CT molecular complexity index is 1210. The fraction of sp³-hybridized carbons (Fsp3) is 0. The van der Waals surface area contributed by atoms with Gasteiger partial charge in [0.2, 0.25) is 0 Å². The summed E-state index contributed by atoms with van der Waals surface area (Å²) in [7, 11) is 0. The van der Waals surface area contributed by atoms with Crippen molar-refractivity contribution in [2.45, 2.75) is 0 Å². The molecule has 3 aromatic heterocycles. The van der Waals surface area contributed by atoms with Crippen LogP contribution >= 0.6 is 0 Å². The van der Waals surface area contributed by atoms with Gasteiger partial charge in [-0.25, -0.2) is 0 Å². The normalized spacial score (nSPS) is 11.3. The van der Waals surface area contributed by atoms with E-state index in [-0.39, 0.29) is 0 Å². The molecule has 0 unspecified atom stereocenters. The molecule has 0 N–H and O–H groups in total. The van der Waals surface area contributed by atoms with Crippen LogP contribution in [0.3, 0.4) is 0 Å². The lowest BCUT2D eigenvalue weighted by Crippen LogP contribution is -1.87. The molecule has 112 valence electrons. The minimum Gasteiger partial charge on any atom is -0.254 e. The Morgan fingerprint density at radius 3 is 2.25 bits per heavy atom. The molecule has 2 aromatic carbocycles. The van der Waals surface area contributed by atoms with Gasteiger partial charge in [0.05, 0.1) is 23.4 Å². The van der Waals surface area contributed by atoms with Crippen molar-refractivity contribution in [2.75, 3.05) is 0 Å². The van der Waals surface area contributed by atoms with Crippen molar-refractivity contribution in [1.82, 2.24) is 20.2 Å². The highest BCUT2D eigenvalue weighted by Crippen LogP contribution is 2.28. The fourth-order valence-electron chi connectivity index (χ4n) is 3.07. The van der Waals surface area contributed by atoms with Crippen LogP contribution in [0.15, 0.2) is 73.3 Å². The van der Waals surface area contributed by atoms with Gasteiger partial charge in [0.25, 0.3) is 0 Å². The smallest absolute Gasteiger partial charge is 0.0964 e. The zero-order valence-electron chi connectivity index (χ0n) is 12.7. The van der Waals surface area contributed by atoms with Crippen LogP contribution in [0.1, 0.15) is 0 Å². The van der Waals surface area contributed by atoms with Crippen LogP contribution in [0.2, 0.25) is 0 Å². The van der Waals surface area contributed by atoms with Crippen molar-refractivity contribution in [3.8, 4) is 11.1 Å². The first kappa shape index (κ1) is 13.1. The molecule has 4 heteroatoms. The van der Waals surface area contributed by atoms with Crippen molar-refractivity contribution in [3.63, 3.8) is 0 Å². The van der Waals surface area contributed by atoms with Gasteiger partial charge >= 0.3 is 0 Å². The first-order valence-corrected chi connectivity index (χ1v) is 7.73. The third-order valence-corrected chi connectivity index (χ3v) is 4.30. The van der Waals surface area contributed by atoms with Gasteiger partial charge in [0.15, 0.2) is 0 Å². The molecule has 0 atom stereocenters. The molecule has 0 radical (unpaired) electrons. The third-order valence-electron chi connectivity index (χ3n) is 4.30. The molecule has 0 aliphatic rings. The van der Waals surface area contributed by atoms with E-state index in [0.717, 1.165) is 43.7 Å². The monoisotopic (exact) mass is 308 g/mol. The molecule has 0 saturated carbocycles. The van der Waals surface area contributed by atoms with Crippen LogP contribution in [-0.4, -0.2) is 20.2 Å². The lowest BCUT2D eigenvalue weighted by atomic mass is 10.0.